The van der Waals surface area contributed by atoms with Crippen LogP contribution in [0.5, 0.6) is 0 Å². The maximum absolute atomic E-state index is 13.8. The van der Waals surface area contributed by atoms with E-state index in [0.29, 0.717) is 16.3 Å². The molecule has 0 spiro atoms. The Kier molecular flexibility index (Phi) is 11.7. The number of nitrogens with zero attached hydrogens (tertiary/aromatic N) is 2. The second kappa shape index (κ2) is 15.0. The SMILES string of the molecule is CC[C@@H](C)NC(=O)[C@H](Cc1ccccc1)N(Cc1ccc(F)cc1)C(=O)CCCN(c1ccc(Cl)cc1)S(C)(=O)=O. The number of rotatable bonds is 14. The monoisotopic (exact) mass is 601 g/mol. The number of halogens is 2. The summed E-state index contributed by atoms with van der Waals surface area (Å²) < 4.78 is 40.0. The van der Waals surface area contributed by atoms with E-state index in [1.54, 1.807) is 36.4 Å². The van der Waals surface area contributed by atoms with Gasteiger partial charge in [-0.25, -0.2) is 12.8 Å². The van der Waals surface area contributed by atoms with Crippen LogP contribution in [0.3, 0.4) is 0 Å². The Morgan fingerprint density at radius 3 is 2.17 bits per heavy atom. The number of benzene rings is 3. The number of sulfonamides is 1. The maximum atomic E-state index is 13.8. The quantitative estimate of drug-likeness (QED) is 0.261. The van der Waals surface area contributed by atoms with Gasteiger partial charge < -0.3 is 10.2 Å². The van der Waals surface area contributed by atoms with Gasteiger partial charge in [0.25, 0.3) is 0 Å². The summed E-state index contributed by atoms with van der Waals surface area (Å²) in [5.74, 6) is -0.984. The Hall–Kier alpha value is -3.43. The number of hydrogen-bond donors (Lipinski definition) is 1. The molecule has 0 heterocycles. The molecule has 0 radical (unpaired) electrons. The van der Waals surface area contributed by atoms with Crippen molar-refractivity contribution in [1.82, 2.24) is 10.2 Å². The first-order valence-corrected chi connectivity index (χ1v) is 15.8. The third-order valence-electron chi connectivity index (χ3n) is 6.81. The number of carbonyl (C=O) groups is 2. The van der Waals surface area contributed by atoms with Crippen molar-refractivity contribution in [2.45, 2.75) is 58.2 Å². The Balaban J connectivity index is 1.88. The summed E-state index contributed by atoms with van der Waals surface area (Å²) in [4.78, 5) is 28.9. The van der Waals surface area contributed by atoms with E-state index in [4.69, 9.17) is 11.6 Å². The van der Waals surface area contributed by atoms with Crippen molar-refractivity contribution in [3.05, 3.63) is 101 Å². The Morgan fingerprint density at radius 2 is 1.59 bits per heavy atom. The van der Waals surface area contributed by atoms with E-state index in [-0.39, 0.29) is 50.2 Å². The van der Waals surface area contributed by atoms with Gasteiger partial charge in [-0.2, -0.15) is 0 Å². The standard InChI is InChI=1S/C31H37ClFN3O4S/c1-4-23(2)34-31(38)29(21-24-9-6-5-7-10-24)35(22-25-12-16-27(33)17-13-25)30(37)11-8-20-36(41(3,39)40)28-18-14-26(32)15-19-28/h5-7,9-10,12-19,23,29H,4,8,11,20-22H2,1-3H3,(H,34,38)/t23-,29+/m1/s1. The average Bonchev–Trinajstić information content (AvgIpc) is 2.94. The molecule has 0 saturated heterocycles. The highest BCUT2D eigenvalue weighted by atomic mass is 35.5. The molecule has 0 bridgehead atoms. The second-order valence-corrected chi connectivity index (χ2v) is 12.4. The van der Waals surface area contributed by atoms with Crippen LogP contribution in [-0.2, 0) is 32.6 Å². The lowest BCUT2D eigenvalue weighted by molar-refractivity contribution is -0.141. The van der Waals surface area contributed by atoms with Gasteiger partial charge in [0.15, 0.2) is 0 Å². The highest BCUT2D eigenvalue weighted by Crippen LogP contribution is 2.22. The molecule has 3 aromatic rings. The molecule has 3 aromatic carbocycles. The van der Waals surface area contributed by atoms with Crippen molar-refractivity contribution in [3.63, 3.8) is 0 Å². The molecule has 0 aromatic heterocycles. The van der Waals surface area contributed by atoms with E-state index in [2.05, 4.69) is 5.32 Å². The van der Waals surface area contributed by atoms with E-state index < -0.39 is 21.9 Å². The molecule has 1 N–H and O–H groups in total. The minimum Gasteiger partial charge on any atom is -0.352 e. The molecule has 2 atom stereocenters. The molecule has 0 saturated carbocycles. The van der Waals surface area contributed by atoms with Gasteiger partial charge in [-0.1, -0.05) is 61.0 Å². The van der Waals surface area contributed by atoms with Crippen molar-refractivity contribution >= 4 is 39.1 Å². The zero-order chi connectivity index (χ0) is 30.0. The average molecular weight is 602 g/mol. The molecule has 0 fully saturated rings. The van der Waals surface area contributed by atoms with Crippen LogP contribution in [0, 0.1) is 5.82 Å². The van der Waals surface area contributed by atoms with Crippen molar-refractivity contribution in [1.29, 1.82) is 0 Å². The Morgan fingerprint density at radius 1 is 0.951 bits per heavy atom. The molecule has 3 rings (SSSR count). The van der Waals surface area contributed by atoms with E-state index in [1.165, 1.54) is 21.3 Å². The van der Waals surface area contributed by atoms with Crippen LogP contribution >= 0.6 is 11.6 Å². The van der Waals surface area contributed by atoms with Gasteiger partial charge in [-0.05, 0) is 67.3 Å². The van der Waals surface area contributed by atoms with Crippen LogP contribution in [0.15, 0.2) is 78.9 Å². The molecule has 2 amide bonds. The lowest BCUT2D eigenvalue weighted by atomic mass is 10.0. The Labute approximate surface area is 247 Å². The molecule has 220 valence electrons. The van der Waals surface area contributed by atoms with Gasteiger partial charge in [-0.15, -0.1) is 0 Å². The predicted molar refractivity (Wildman–Crippen MR) is 162 cm³/mol. The molecule has 10 heteroatoms. The third kappa shape index (κ3) is 9.86. The molecule has 0 aliphatic heterocycles. The van der Waals surface area contributed by atoms with Crippen molar-refractivity contribution < 1.29 is 22.4 Å². The lowest BCUT2D eigenvalue weighted by Crippen LogP contribution is -2.52. The molecular weight excluding hydrogens is 565 g/mol. The molecule has 0 aliphatic rings. The van der Waals surface area contributed by atoms with Crippen LogP contribution in [0.4, 0.5) is 10.1 Å². The van der Waals surface area contributed by atoms with Crippen molar-refractivity contribution in [2.24, 2.45) is 0 Å². The topological polar surface area (TPSA) is 86.8 Å². The van der Waals surface area contributed by atoms with Gasteiger partial charge in [0.1, 0.15) is 11.9 Å². The van der Waals surface area contributed by atoms with E-state index >= 15 is 0 Å². The second-order valence-electron chi connectivity index (χ2n) is 10.1. The summed E-state index contributed by atoms with van der Waals surface area (Å²) >= 11 is 5.97. The summed E-state index contributed by atoms with van der Waals surface area (Å²) in [6.07, 6.45) is 2.35. The summed E-state index contributed by atoms with van der Waals surface area (Å²) in [6, 6.07) is 20.8. The van der Waals surface area contributed by atoms with Crippen LogP contribution in [0.25, 0.3) is 0 Å². The molecule has 0 unspecified atom stereocenters. The zero-order valence-electron chi connectivity index (χ0n) is 23.6. The third-order valence-corrected chi connectivity index (χ3v) is 8.25. The number of carbonyl (C=O) groups excluding carboxylic acids is 2. The van der Waals surface area contributed by atoms with Gasteiger partial charge in [-0.3, -0.25) is 13.9 Å². The maximum Gasteiger partial charge on any atom is 0.243 e. The fourth-order valence-corrected chi connectivity index (χ4v) is 5.48. The first-order valence-electron chi connectivity index (χ1n) is 13.6. The fraction of sp³-hybridized carbons (Fsp3) is 0.355. The van der Waals surface area contributed by atoms with Gasteiger partial charge >= 0.3 is 0 Å². The number of anilines is 1. The minimum absolute atomic E-state index is 0.00268. The highest BCUT2D eigenvalue weighted by molar-refractivity contribution is 7.92. The molecular formula is C31H37ClFN3O4S. The predicted octanol–water partition coefficient (Wildman–Crippen LogP) is 5.58. The first-order chi connectivity index (χ1) is 19.5. The summed E-state index contributed by atoms with van der Waals surface area (Å²) in [5.41, 5.74) is 2.01. The van der Waals surface area contributed by atoms with Crippen LogP contribution < -0.4 is 9.62 Å². The van der Waals surface area contributed by atoms with Crippen molar-refractivity contribution in [3.8, 4) is 0 Å². The number of nitrogens with one attached hydrogen (secondary N) is 1. The summed E-state index contributed by atoms with van der Waals surface area (Å²) in [5, 5.41) is 3.49. The summed E-state index contributed by atoms with van der Waals surface area (Å²) in [6.45, 7) is 4.03. The molecule has 7 nitrogen and oxygen atoms in total. The lowest BCUT2D eigenvalue weighted by Gasteiger charge is -2.32. The van der Waals surface area contributed by atoms with Crippen molar-refractivity contribution in [2.75, 3.05) is 17.1 Å². The normalized spacial score (nSPS) is 12.8. The molecule has 0 aliphatic carbocycles. The highest BCUT2D eigenvalue weighted by Gasteiger charge is 2.31. The van der Waals surface area contributed by atoms with Gasteiger partial charge in [0.05, 0.1) is 11.9 Å². The number of amides is 2. The van der Waals surface area contributed by atoms with Crippen LogP contribution in [-0.4, -0.2) is 50.0 Å². The zero-order valence-corrected chi connectivity index (χ0v) is 25.2. The summed E-state index contributed by atoms with van der Waals surface area (Å²) in [7, 11) is -3.62. The van der Waals surface area contributed by atoms with E-state index in [9.17, 15) is 22.4 Å². The van der Waals surface area contributed by atoms with Gasteiger partial charge in [0.2, 0.25) is 21.8 Å². The van der Waals surface area contributed by atoms with Crippen LogP contribution in [0.1, 0.15) is 44.2 Å². The first kappa shape index (κ1) is 32.1. The largest absolute Gasteiger partial charge is 0.352 e. The van der Waals surface area contributed by atoms with E-state index in [0.717, 1.165) is 18.2 Å². The minimum atomic E-state index is -3.62. The molecule has 41 heavy (non-hydrogen) atoms. The number of hydrogen-bond acceptors (Lipinski definition) is 4. The smallest absolute Gasteiger partial charge is 0.243 e. The fourth-order valence-electron chi connectivity index (χ4n) is 4.39. The van der Waals surface area contributed by atoms with Gasteiger partial charge in [0, 0.05) is 37.0 Å². The Bertz CT molecular complexity index is 1390. The van der Waals surface area contributed by atoms with Crippen LogP contribution in [0.2, 0.25) is 5.02 Å². The van der Waals surface area contributed by atoms with E-state index in [1.807, 2.05) is 44.2 Å².